The first-order chi connectivity index (χ1) is 11.1. The van der Waals surface area contributed by atoms with Crippen molar-refractivity contribution in [2.45, 2.75) is 26.3 Å². The van der Waals surface area contributed by atoms with Crippen molar-refractivity contribution in [2.75, 3.05) is 18.5 Å². The average molecular weight is 315 g/mol. The quantitative estimate of drug-likeness (QED) is 0.852. The first-order valence-corrected chi connectivity index (χ1v) is 7.80. The zero-order valence-corrected chi connectivity index (χ0v) is 13.6. The van der Waals surface area contributed by atoms with Gasteiger partial charge in [0, 0.05) is 31.9 Å². The summed E-state index contributed by atoms with van der Waals surface area (Å²) in [6, 6.07) is 9.56. The number of halogens is 1. The van der Waals surface area contributed by atoms with Gasteiger partial charge in [0.2, 0.25) is 0 Å². The van der Waals surface area contributed by atoms with Crippen LogP contribution in [0.15, 0.2) is 42.6 Å². The lowest BCUT2D eigenvalue weighted by molar-refractivity contribution is 0.0951. The minimum atomic E-state index is -0.283. The van der Waals surface area contributed by atoms with Crippen LogP contribution in [0.4, 0.5) is 10.2 Å². The summed E-state index contributed by atoms with van der Waals surface area (Å²) in [5.41, 5.74) is 1.43. The van der Waals surface area contributed by atoms with Crippen LogP contribution in [0, 0.1) is 5.82 Å². The normalized spacial score (nSPS) is 10.4. The molecule has 1 aromatic heterocycles. The van der Waals surface area contributed by atoms with Gasteiger partial charge in [0.1, 0.15) is 11.6 Å². The smallest absolute Gasteiger partial charge is 0.251 e. The Morgan fingerprint density at radius 1 is 1.26 bits per heavy atom. The van der Waals surface area contributed by atoms with Crippen molar-refractivity contribution in [2.24, 2.45) is 0 Å². The van der Waals surface area contributed by atoms with Gasteiger partial charge in [-0.25, -0.2) is 9.37 Å². The lowest BCUT2D eigenvalue weighted by Crippen LogP contribution is -2.24. The number of pyridine rings is 1. The van der Waals surface area contributed by atoms with Crippen molar-refractivity contribution in [3.05, 3.63) is 59.5 Å². The number of aromatic nitrogens is 1. The number of rotatable bonds is 7. The molecule has 0 saturated heterocycles. The van der Waals surface area contributed by atoms with Crippen LogP contribution in [0.1, 0.15) is 35.7 Å². The second kappa shape index (κ2) is 8.27. The van der Waals surface area contributed by atoms with Gasteiger partial charge in [0.25, 0.3) is 5.91 Å². The van der Waals surface area contributed by atoms with Gasteiger partial charge in [0.05, 0.1) is 0 Å². The molecular weight excluding hydrogens is 293 g/mol. The van der Waals surface area contributed by atoms with Crippen LogP contribution in [0.2, 0.25) is 0 Å². The number of benzene rings is 1. The molecule has 5 heteroatoms. The van der Waals surface area contributed by atoms with E-state index in [0.717, 1.165) is 30.8 Å². The fourth-order valence-corrected chi connectivity index (χ4v) is 2.16. The standard InChI is InChI=1S/C18H22FN3O/c1-3-4-11-22(2)17-12-15(9-10-20-17)18(23)21-13-14-5-7-16(19)8-6-14/h5-10,12H,3-4,11,13H2,1-2H3,(H,21,23). The van der Waals surface area contributed by atoms with Crippen LogP contribution >= 0.6 is 0 Å². The molecule has 2 aromatic rings. The Hall–Kier alpha value is -2.43. The summed E-state index contributed by atoms with van der Waals surface area (Å²) in [6.45, 7) is 3.41. The number of nitrogens with one attached hydrogen (secondary N) is 1. The molecule has 0 aliphatic rings. The summed E-state index contributed by atoms with van der Waals surface area (Å²) in [4.78, 5) is 18.6. The Kier molecular flexibility index (Phi) is 6.09. The van der Waals surface area contributed by atoms with E-state index in [1.165, 1.54) is 12.1 Å². The number of hydrogen-bond donors (Lipinski definition) is 1. The molecule has 0 radical (unpaired) electrons. The molecule has 23 heavy (non-hydrogen) atoms. The first-order valence-electron chi connectivity index (χ1n) is 7.80. The number of unbranched alkanes of at least 4 members (excludes halogenated alkanes) is 1. The lowest BCUT2D eigenvalue weighted by Gasteiger charge is -2.18. The molecule has 0 aliphatic heterocycles. The summed E-state index contributed by atoms with van der Waals surface area (Å²) >= 11 is 0. The van der Waals surface area contributed by atoms with E-state index >= 15 is 0 Å². The second-order valence-corrected chi connectivity index (χ2v) is 5.49. The van der Waals surface area contributed by atoms with Crippen molar-refractivity contribution in [1.82, 2.24) is 10.3 Å². The molecule has 0 bridgehead atoms. The van der Waals surface area contributed by atoms with Gasteiger partial charge in [-0.1, -0.05) is 25.5 Å². The van der Waals surface area contributed by atoms with Crippen molar-refractivity contribution >= 4 is 11.7 Å². The fourth-order valence-electron chi connectivity index (χ4n) is 2.16. The number of amides is 1. The van der Waals surface area contributed by atoms with Crippen molar-refractivity contribution in [3.8, 4) is 0 Å². The Morgan fingerprint density at radius 2 is 2.00 bits per heavy atom. The molecule has 0 fully saturated rings. The second-order valence-electron chi connectivity index (χ2n) is 5.49. The Bertz CT molecular complexity index is 643. The molecule has 0 aliphatic carbocycles. The molecule has 0 unspecified atom stereocenters. The monoisotopic (exact) mass is 315 g/mol. The average Bonchev–Trinajstić information content (AvgIpc) is 2.59. The summed E-state index contributed by atoms with van der Waals surface area (Å²) in [7, 11) is 1.97. The lowest BCUT2D eigenvalue weighted by atomic mass is 10.2. The molecule has 122 valence electrons. The maximum absolute atomic E-state index is 12.9. The zero-order chi connectivity index (χ0) is 16.7. The third kappa shape index (κ3) is 5.06. The molecule has 1 N–H and O–H groups in total. The number of anilines is 1. The van der Waals surface area contributed by atoms with Gasteiger partial charge in [-0.3, -0.25) is 4.79 Å². The zero-order valence-electron chi connectivity index (χ0n) is 13.6. The highest BCUT2D eigenvalue weighted by Gasteiger charge is 2.09. The largest absolute Gasteiger partial charge is 0.360 e. The van der Waals surface area contributed by atoms with Crippen LogP contribution in [0.3, 0.4) is 0 Å². The number of carbonyl (C=O) groups excluding carboxylic acids is 1. The maximum Gasteiger partial charge on any atom is 0.251 e. The van der Waals surface area contributed by atoms with Gasteiger partial charge >= 0.3 is 0 Å². The van der Waals surface area contributed by atoms with Crippen LogP contribution in [0.5, 0.6) is 0 Å². The van der Waals surface area contributed by atoms with Crippen LogP contribution in [-0.2, 0) is 6.54 Å². The molecule has 4 nitrogen and oxygen atoms in total. The molecule has 1 amide bonds. The van der Waals surface area contributed by atoms with E-state index in [2.05, 4.69) is 17.2 Å². The summed E-state index contributed by atoms with van der Waals surface area (Å²) in [5, 5.41) is 2.84. The minimum Gasteiger partial charge on any atom is -0.360 e. The third-order valence-corrected chi connectivity index (χ3v) is 3.61. The summed E-state index contributed by atoms with van der Waals surface area (Å²) in [6.07, 6.45) is 3.84. The highest BCUT2D eigenvalue weighted by Crippen LogP contribution is 2.12. The van der Waals surface area contributed by atoms with Crippen molar-refractivity contribution < 1.29 is 9.18 Å². The number of hydrogen-bond acceptors (Lipinski definition) is 3. The van der Waals surface area contributed by atoms with Gasteiger partial charge < -0.3 is 10.2 Å². The molecule has 1 aromatic carbocycles. The van der Waals surface area contributed by atoms with Crippen LogP contribution in [0.25, 0.3) is 0 Å². The van der Waals surface area contributed by atoms with Crippen LogP contribution in [-0.4, -0.2) is 24.5 Å². The van der Waals surface area contributed by atoms with E-state index in [-0.39, 0.29) is 11.7 Å². The van der Waals surface area contributed by atoms with Gasteiger partial charge in [0.15, 0.2) is 0 Å². The Balaban J connectivity index is 1.97. The van der Waals surface area contributed by atoms with Crippen LogP contribution < -0.4 is 10.2 Å². The topological polar surface area (TPSA) is 45.2 Å². The van der Waals surface area contributed by atoms with Crippen molar-refractivity contribution in [1.29, 1.82) is 0 Å². The summed E-state index contributed by atoms with van der Waals surface area (Å²) in [5.74, 6) is 0.337. The molecule has 0 saturated carbocycles. The fraction of sp³-hybridized carbons (Fsp3) is 0.333. The highest BCUT2D eigenvalue weighted by atomic mass is 19.1. The minimum absolute atomic E-state index is 0.165. The number of carbonyl (C=O) groups is 1. The highest BCUT2D eigenvalue weighted by molar-refractivity contribution is 5.94. The molecule has 2 rings (SSSR count). The third-order valence-electron chi connectivity index (χ3n) is 3.61. The SMILES string of the molecule is CCCCN(C)c1cc(C(=O)NCc2ccc(F)cc2)ccn1. The molecule has 0 spiro atoms. The van der Waals surface area contributed by atoms with Gasteiger partial charge in [-0.15, -0.1) is 0 Å². The Morgan fingerprint density at radius 3 is 2.70 bits per heavy atom. The van der Waals surface area contributed by atoms with Gasteiger partial charge in [-0.2, -0.15) is 0 Å². The van der Waals surface area contributed by atoms with E-state index in [4.69, 9.17) is 0 Å². The van der Waals surface area contributed by atoms with Gasteiger partial charge in [-0.05, 0) is 36.2 Å². The van der Waals surface area contributed by atoms with E-state index < -0.39 is 0 Å². The van der Waals surface area contributed by atoms with Crippen molar-refractivity contribution in [3.63, 3.8) is 0 Å². The first kappa shape index (κ1) is 16.9. The number of nitrogens with zero attached hydrogens (tertiary/aromatic N) is 2. The van der Waals surface area contributed by atoms with E-state index in [0.29, 0.717) is 12.1 Å². The predicted molar refractivity (Wildman–Crippen MR) is 90.0 cm³/mol. The maximum atomic E-state index is 12.9. The van der Waals surface area contributed by atoms with E-state index in [9.17, 15) is 9.18 Å². The molecular formula is C18H22FN3O. The summed E-state index contributed by atoms with van der Waals surface area (Å²) < 4.78 is 12.9. The molecule has 1 heterocycles. The Labute approximate surface area is 136 Å². The van der Waals surface area contributed by atoms with E-state index in [1.807, 2.05) is 11.9 Å². The van der Waals surface area contributed by atoms with E-state index in [1.54, 1.807) is 30.5 Å². The predicted octanol–water partition coefficient (Wildman–Crippen LogP) is 3.39. The molecule has 0 atom stereocenters.